The second kappa shape index (κ2) is 12.4. The van der Waals surface area contributed by atoms with Crippen LogP contribution in [0.15, 0.2) is 30.6 Å². The average molecular weight is 562 g/mol. The quantitative estimate of drug-likeness (QED) is 0.342. The van der Waals surface area contributed by atoms with Crippen LogP contribution in [0.1, 0.15) is 56.0 Å². The minimum absolute atomic E-state index is 0.173. The van der Waals surface area contributed by atoms with E-state index in [2.05, 4.69) is 20.2 Å². The van der Waals surface area contributed by atoms with Crippen LogP contribution < -0.4 is 9.47 Å². The third-order valence-electron chi connectivity index (χ3n) is 6.32. The van der Waals surface area contributed by atoms with Gasteiger partial charge in [0.25, 0.3) is 0 Å². The monoisotopic (exact) mass is 561 g/mol. The number of nitrogens with zero attached hydrogens (tertiary/aromatic N) is 5. The van der Waals surface area contributed by atoms with Crippen molar-refractivity contribution < 1.29 is 32.1 Å². The molecule has 0 amide bonds. The van der Waals surface area contributed by atoms with Crippen molar-refractivity contribution in [3.63, 3.8) is 0 Å². The Kier molecular flexibility index (Phi) is 9.15. The van der Waals surface area contributed by atoms with Gasteiger partial charge < -0.3 is 23.7 Å². The highest BCUT2D eigenvalue weighted by molar-refractivity contribution is 7.91. The van der Waals surface area contributed by atoms with Gasteiger partial charge in [-0.3, -0.25) is 14.5 Å². The number of benzene rings is 1. The van der Waals surface area contributed by atoms with Crippen LogP contribution in [0, 0.1) is 6.92 Å². The van der Waals surface area contributed by atoms with Gasteiger partial charge in [0.05, 0.1) is 63.0 Å². The third kappa shape index (κ3) is 6.38. The summed E-state index contributed by atoms with van der Waals surface area (Å²) in [5.74, 6) is 1.03. The van der Waals surface area contributed by atoms with Crippen molar-refractivity contribution in [3.05, 3.63) is 53.6 Å². The molecule has 0 spiro atoms. The Hall–Kier alpha value is -3.13. The fourth-order valence-electron chi connectivity index (χ4n) is 4.33. The van der Waals surface area contributed by atoms with Gasteiger partial charge in [-0.25, -0.2) is 8.42 Å². The summed E-state index contributed by atoms with van der Waals surface area (Å²) in [5.41, 5.74) is 1.62. The number of ether oxygens (including phenoxy) is 5. The molecule has 3 heterocycles. The van der Waals surface area contributed by atoms with E-state index in [0.29, 0.717) is 41.9 Å². The lowest BCUT2D eigenvalue weighted by Gasteiger charge is -2.26. The summed E-state index contributed by atoms with van der Waals surface area (Å²) in [6, 6.07) is 5.28. The van der Waals surface area contributed by atoms with Crippen molar-refractivity contribution in [3.8, 4) is 17.2 Å². The Bertz CT molecular complexity index is 1330. The molecule has 2 aromatic heterocycles. The molecule has 0 bridgehead atoms. The minimum Gasteiger partial charge on any atom is -0.494 e. The average Bonchev–Trinajstić information content (AvgIpc) is 3.33. The number of rotatable bonds is 11. The maximum Gasteiger partial charge on any atom is 0.169 e. The number of aromatic nitrogens is 5. The number of hydrogen-bond acceptors (Lipinski definition) is 11. The second-order valence-electron chi connectivity index (χ2n) is 9.46. The maximum atomic E-state index is 13.9. The lowest BCUT2D eigenvalue weighted by molar-refractivity contribution is -0.0942. The zero-order chi connectivity index (χ0) is 28.2. The summed E-state index contributed by atoms with van der Waals surface area (Å²) in [4.78, 5) is 8.69. The van der Waals surface area contributed by atoms with Crippen LogP contribution in [0.3, 0.4) is 0 Å². The first-order valence-corrected chi connectivity index (χ1v) is 14.4. The van der Waals surface area contributed by atoms with Crippen molar-refractivity contribution in [1.29, 1.82) is 0 Å². The largest absolute Gasteiger partial charge is 0.494 e. The van der Waals surface area contributed by atoms with Crippen LogP contribution in [0.25, 0.3) is 5.69 Å². The Morgan fingerprint density at radius 3 is 2.33 bits per heavy atom. The van der Waals surface area contributed by atoms with E-state index in [9.17, 15) is 8.42 Å². The summed E-state index contributed by atoms with van der Waals surface area (Å²) < 4.78 is 58.2. The van der Waals surface area contributed by atoms with Gasteiger partial charge in [0.2, 0.25) is 0 Å². The zero-order valence-corrected chi connectivity index (χ0v) is 23.8. The van der Waals surface area contributed by atoms with E-state index < -0.39 is 33.0 Å². The second-order valence-corrected chi connectivity index (χ2v) is 11.8. The minimum atomic E-state index is -3.87. The molecule has 0 unspecified atom stereocenters. The molecule has 13 heteroatoms. The van der Waals surface area contributed by atoms with Gasteiger partial charge >= 0.3 is 0 Å². The molecule has 3 atom stereocenters. The van der Waals surface area contributed by atoms with Crippen LogP contribution in [-0.4, -0.2) is 78.5 Å². The number of aryl methyl sites for hydroxylation is 1. The SMILES string of the molecule is COc1cccc(OC)c1-n1c(CS(=O)(=O)[C@H](C)[C@H](OC(C)C)c2cnc(C)cn2)nnc1[C@H]1COCCO1. The van der Waals surface area contributed by atoms with Gasteiger partial charge in [-0.1, -0.05) is 6.07 Å². The van der Waals surface area contributed by atoms with Crippen molar-refractivity contribution in [2.75, 3.05) is 34.0 Å². The zero-order valence-electron chi connectivity index (χ0n) is 23.0. The summed E-state index contributed by atoms with van der Waals surface area (Å²) in [6.07, 6.45) is 1.50. The van der Waals surface area contributed by atoms with Gasteiger partial charge in [0.1, 0.15) is 35.1 Å². The number of para-hydroxylation sites is 1. The predicted octanol–water partition coefficient (Wildman–Crippen LogP) is 2.94. The molecule has 1 saturated heterocycles. The maximum absolute atomic E-state index is 13.9. The Morgan fingerprint density at radius 1 is 1.05 bits per heavy atom. The van der Waals surface area contributed by atoms with E-state index in [0.717, 1.165) is 5.69 Å². The molecule has 39 heavy (non-hydrogen) atoms. The summed E-state index contributed by atoms with van der Waals surface area (Å²) in [7, 11) is -0.823. The van der Waals surface area contributed by atoms with Crippen molar-refractivity contribution in [1.82, 2.24) is 24.7 Å². The molecule has 3 aromatic rings. The van der Waals surface area contributed by atoms with E-state index >= 15 is 0 Å². The molecule has 0 saturated carbocycles. The van der Waals surface area contributed by atoms with Gasteiger partial charge in [-0.05, 0) is 39.8 Å². The number of hydrogen-bond donors (Lipinski definition) is 0. The smallest absolute Gasteiger partial charge is 0.169 e. The Balaban J connectivity index is 1.79. The molecule has 0 N–H and O–H groups in total. The molecule has 1 aromatic carbocycles. The van der Waals surface area contributed by atoms with E-state index in [-0.39, 0.29) is 18.5 Å². The standard InChI is InChI=1S/C26H35N5O7S/c1-16(2)38-25(19-13-27-17(3)12-28-19)18(4)39(32,33)15-23-29-30-26(22-14-36-10-11-37-22)31(23)24-20(34-5)8-7-9-21(24)35-6/h7-9,12-13,16,18,22,25H,10-11,14-15H2,1-6H3/t18-,22-,25+/m1/s1. The fraction of sp³-hybridized carbons (Fsp3) is 0.538. The van der Waals surface area contributed by atoms with Crippen molar-refractivity contribution in [2.24, 2.45) is 0 Å². The molecule has 212 valence electrons. The van der Waals surface area contributed by atoms with Gasteiger partial charge in [-0.15, -0.1) is 10.2 Å². The molecule has 1 aliphatic heterocycles. The third-order valence-corrected chi connectivity index (χ3v) is 8.36. The van der Waals surface area contributed by atoms with Crippen molar-refractivity contribution in [2.45, 2.75) is 57.0 Å². The number of methoxy groups -OCH3 is 2. The van der Waals surface area contributed by atoms with E-state index in [1.807, 2.05) is 20.8 Å². The Labute approximate surface area is 228 Å². The molecule has 0 radical (unpaired) electrons. The molecule has 1 aliphatic rings. The summed E-state index contributed by atoms with van der Waals surface area (Å²) >= 11 is 0. The first-order valence-electron chi connectivity index (χ1n) is 12.7. The lowest BCUT2D eigenvalue weighted by atomic mass is 10.2. The van der Waals surface area contributed by atoms with Gasteiger partial charge in [-0.2, -0.15) is 0 Å². The highest BCUT2D eigenvalue weighted by Gasteiger charge is 2.36. The van der Waals surface area contributed by atoms with Crippen LogP contribution in [0.4, 0.5) is 0 Å². The van der Waals surface area contributed by atoms with Crippen LogP contribution >= 0.6 is 0 Å². The van der Waals surface area contributed by atoms with Crippen LogP contribution in [-0.2, 0) is 29.8 Å². The molecular formula is C26H35N5O7S. The van der Waals surface area contributed by atoms with E-state index in [4.69, 9.17) is 23.7 Å². The van der Waals surface area contributed by atoms with E-state index in [1.54, 1.807) is 42.1 Å². The molecular weight excluding hydrogens is 526 g/mol. The summed E-state index contributed by atoms with van der Waals surface area (Å²) in [5, 5.41) is 7.69. The lowest BCUT2D eigenvalue weighted by Crippen LogP contribution is -2.32. The van der Waals surface area contributed by atoms with E-state index in [1.165, 1.54) is 14.2 Å². The van der Waals surface area contributed by atoms with Gasteiger partial charge in [0, 0.05) is 6.20 Å². The molecule has 1 fully saturated rings. The summed E-state index contributed by atoms with van der Waals surface area (Å²) in [6.45, 7) is 8.18. The van der Waals surface area contributed by atoms with Gasteiger partial charge in [0.15, 0.2) is 21.5 Å². The normalized spacial score (nSPS) is 17.7. The highest BCUT2D eigenvalue weighted by atomic mass is 32.2. The highest BCUT2D eigenvalue weighted by Crippen LogP contribution is 2.37. The Morgan fingerprint density at radius 2 is 1.77 bits per heavy atom. The van der Waals surface area contributed by atoms with Crippen LogP contribution in [0.2, 0.25) is 0 Å². The topological polar surface area (TPSA) is 137 Å². The first kappa shape index (κ1) is 28.9. The first-order chi connectivity index (χ1) is 18.7. The molecule has 0 aliphatic carbocycles. The fourth-order valence-corrected chi connectivity index (χ4v) is 5.72. The predicted molar refractivity (Wildman–Crippen MR) is 142 cm³/mol. The molecule has 4 rings (SSSR count). The van der Waals surface area contributed by atoms with Crippen molar-refractivity contribution >= 4 is 9.84 Å². The number of sulfone groups is 1. The van der Waals surface area contributed by atoms with Crippen LogP contribution in [0.5, 0.6) is 11.5 Å². The molecule has 12 nitrogen and oxygen atoms in total.